The van der Waals surface area contributed by atoms with Gasteiger partial charge in [-0.2, -0.15) is 5.10 Å². The number of likely N-dealkylation sites (tertiary alicyclic amines) is 1. The average Bonchev–Trinajstić information content (AvgIpc) is 3.34. The summed E-state index contributed by atoms with van der Waals surface area (Å²) in [6, 6.07) is 18.9. The first-order valence-corrected chi connectivity index (χ1v) is 13.9. The van der Waals surface area contributed by atoms with Crippen molar-refractivity contribution >= 4 is 16.9 Å². The number of nitrogen functional groups attached to an aromatic ring is 1. The molecule has 0 amide bonds. The van der Waals surface area contributed by atoms with Gasteiger partial charge in [-0.15, -0.1) is 0 Å². The van der Waals surface area contributed by atoms with Crippen LogP contribution in [0.25, 0.3) is 22.3 Å². The van der Waals surface area contributed by atoms with Crippen LogP contribution in [0.15, 0.2) is 60.9 Å². The number of ether oxygens (including phenoxy) is 1. The second-order valence-electron chi connectivity index (χ2n) is 11.3. The highest BCUT2D eigenvalue weighted by molar-refractivity contribution is 5.98. The number of piperidine rings is 2. The molecule has 1 saturated carbocycles. The van der Waals surface area contributed by atoms with Crippen molar-refractivity contribution in [3.63, 3.8) is 0 Å². The zero-order chi connectivity index (χ0) is 25.5. The van der Waals surface area contributed by atoms with E-state index in [-0.39, 0.29) is 0 Å². The van der Waals surface area contributed by atoms with Crippen molar-refractivity contribution in [3.05, 3.63) is 60.9 Å². The summed E-state index contributed by atoms with van der Waals surface area (Å²) >= 11 is 0. The highest BCUT2D eigenvalue weighted by Gasteiger charge is 2.47. The van der Waals surface area contributed by atoms with Crippen LogP contribution in [0.2, 0.25) is 0 Å². The zero-order valence-electron chi connectivity index (χ0n) is 21.7. The van der Waals surface area contributed by atoms with Gasteiger partial charge in [0.1, 0.15) is 29.3 Å². The Labute approximate surface area is 223 Å². The van der Waals surface area contributed by atoms with Crippen LogP contribution in [0.5, 0.6) is 11.5 Å². The molecule has 8 nitrogen and oxygen atoms in total. The molecule has 4 heterocycles. The summed E-state index contributed by atoms with van der Waals surface area (Å²) in [7, 11) is 0. The van der Waals surface area contributed by atoms with Gasteiger partial charge in [0.25, 0.3) is 0 Å². The fourth-order valence-electron chi connectivity index (χ4n) is 6.82. The molecule has 2 aromatic carbocycles. The number of hydrogen-bond donors (Lipinski definition) is 2. The summed E-state index contributed by atoms with van der Waals surface area (Å²) in [6.45, 7) is 4.62. The molecule has 2 aliphatic heterocycles. The molecular weight excluding hydrogens is 474 g/mol. The first-order valence-electron chi connectivity index (χ1n) is 13.9. The topological polar surface area (TPSA) is 94.1 Å². The summed E-state index contributed by atoms with van der Waals surface area (Å²) in [4.78, 5) is 11.7. The monoisotopic (exact) mass is 509 g/mol. The molecule has 2 aromatic heterocycles. The summed E-state index contributed by atoms with van der Waals surface area (Å²) in [6.07, 6.45) is 9.16. The molecule has 8 heteroatoms. The first kappa shape index (κ1) is 23.6. The Hall–Kier alpha value is -3.49. The molecule has 1 spiro atoms. The van der Waals surface area contributed by atoms with Crippen molar-refractivity contribution in [2.45, 2.75) is 50.6 Å². The summed E-state index contributed by atoms with van der Waals surface area (Å²) in [5.41, 5.74) is 9.64. The number of nitrogens with zero attached hydrogens (tertiary/aromatic N) is 5. The van der Waals surface area contributed by atoms with Crippen LogP contribution in [0.4, 0.5) is 5.82 Å². The van der Waals surface area contributed by atoms with Crippen LogP contribution >= 0.6 is 0 Å². The van der Waals surface area contributed by atoms with E-state index in [1.807, 2.05) is 54.6 Å². The number of para-hydroxylation sites is 1. The molecule has 196 valence electrons. The molecule has 0 bridgehead atoms. The average molecular weight is 510 g/mol. The van der Waals surface area contributed by atoms with Crippen LogP contribution < -0.4 is 15.8 Å². The second-order valence-corrected chi connectivity index (χ2v) is 11.3. The predicted molar refractivity (Wildman–Crippen MR) is 149 cm³/mol. The molecule has 38 heavy (non-hydrogen) atoms. The maximum Gasteiger partial charge on any atom is 0.164 e. The number of nitrogens with two attached hydrogens (primary N) is 1. The molecule has 4 aromatic rings. The van der Waals surface area contributed by atoms with Gasteiger partial charge in [0.05, 0.1) is 11.4 Å². The quantitative estimate of drug-likeness (QED) is 0.389. The number of rotatable bonds is 5. The lowest BCUT2D eigenvalue weighted by Crippen LogP contribution is -2.56. The fraction of sp³-hybridized carbons (Fsp3) is 0.433. The van der Waals surface area contributed by atoms with Crippen molar-refractivity contribution in [1.29, 1.82) is 0 Å². The van der Waals surface area contributed by atoms with E-state index < -0.39 is 0 Å². The van der Waals surface area contributed by atoms with Crippen molar-refractivity contribution < 1.29 is 4.74 Å². The second kappa shape index (κ2) is 9.67. The third kappa shape index (κ3) is 4.31. The van der Waals surface area contributed by atoms with Crippen LogP contribution in [0.1, 0.15) is 44.6 Å². The molecule has 7 rings (SSSR count). The van der Waals surface area contributed by atoms with Crippen LogP contribution in [0, 0.1) is 5.41 Å². The Morgan fingerprint density at radius 2 is 1.58 bits per heavy atom. The minimum absolute atomic E-state index is 0.311. The number of benzene rings is 2. The molecule has 0 radical (unpaired) electrons. The maximum absolute atomic E-state index is 6.38. The number of nitrogens with one attached hydrogen (secondary N) is 1. The van der Waals surface area contributed by atoms with Crippen molar-refractivity contribution in [3.8, 4) is 22.8 Å². The predicted octanol–water partition coefficient (Wildman–Crippen LogP) is 5.04. The Kier molecular flexibility index (Phi) is 6.01. The molecule has 3 aliphatic rings. The van der Waals surface area contributed by atoms with Crippen molar-refractivity contribution in [2.75, 3.05) is 31.9 Å². The Morgan fingerprint density at radius 1 is 0.868 bits per heavy atom. The van der Waals surface area contributed by atoms with Crippen LogP contribution in [-0.2, 0) is 0 Å². The Balaban J connectivity index is 1.09. The molecular formula is C30H35N7O. The maximum atomic E-state index is 6.38. The number of anilines is 1. The zero-order valence-corrected chi connectivity index (χ0v) is 21.7. The highest BCUT2D eigenvalue weighted by atomic mass is 16.5. The van der Waals surface area contributed by atoms with Gasteiger partial charge in [0.15, 0.2) is 5.65 Å². The van der Waals surface area contributed by atoms with Crippen LogP contribution in [-0.4, -0.2) is 56.9 Å². The Morgan fingerprint density at radius 3 is 2.32 bits per heavy atom. The van der Waals surface area contributed by atoms with Crippen molar-refractivity contribution in [1.82, 2.24) is 30.0 Å². The van der Waals surface area contributed by atoms with Gasteiger partial charge in [-0.05, 0) is 93.4 Å². The summed E-state index contributed by atoms with van der Waals surface area (Å²) < 4.78 is 8.09. The molecule has 0 unspecified atom stereocenters. The van der Waals surface area contributed by atoms with Crippen LogP contribution in [0.3, 0.4) is 0 Å². The smallest absolute Gasteiger partial charge is 0.164 e. The van der Waals surface area contributed by atoms with E-state index in [9.17, 15) is 0 Å². The SMILES string of the molecule is Nc1ncnc2c1c(-c1ccc(Oc3ccccc3)cc1)nn2C1CCN(C2CC3(CCNCC3)C2)CC1. The number of fused-ring (bicyclic) bond motifs is 1. The van der Waals surface area contributed by atoms with E-state index >= 15 is 0 Å². The van der Waals surface area contributed by atoms with Gasteiger partial charge < -0.3 is 20.7 Å². The Bertz CT molecular complexity index is 1400. The normalized spacial score (nSPS) is 20.5. The van der Waals surface area contributed by atoms with Gasteiger partial charge in [0.2, 0.25) is 0 Å². The van der Waals surface area contributed by atoms with Gasteiger partial charge in [-0.1, -0.05) is 18.2 Å². The highest BCUT2D eigenvalue weighted by Crippen LogP contribution is 2.50. The minimum atomic E-state index is 0.311. The first-order chi connectivity index (χ1) is 18.7. The third-order valence-corrected chi connectivity index (χ3v) is 8.99. The number of hydrogen-bond acceptors (Lipinski definition) is 7. The molecule has 3 N–H and O–H groups in total. The van der Waals surface area contributed by atoms with Gasteiger partial charge in [-0.25, -0.2) is 14.6 Å². The minimum Gasteiger partial charge on any atom is -0.457 e. The molecule has 0 atom stereocenters. The van der Waals surface area contributed by atoms with E-state index in [1.54, 1.807) is 6.33 Å². The summed E-state index contributed by atoms with van der Waals surface area (Å²) in [5, 5.41) is 9.45. The lowest BCUT2D eigenvalue weighted by atomic mass is 9.60. The lowest BCUT2D eigenvalue weighted by molar-refractivity contribution is -0.0322. The largest absolute Gasteiger partial charge is 0.457 e. The fourth-order valence-corrected chi connectivity index (χ4v) is 6.82. The van der Waals surface area contributed by atoms with Crippen molar-refractivity contribution in [2.24, 2.45) is 5.41 Å². The van der Waals surface area contributed by atoms with E-state index in [4.69, 9.17) is 15.6 Å². The van der Waals surface area contributed by atoms with Gasteiger partial charge in [0, 0.05) is 24.7 Å². The van der Waals surface area contributed by atoms with E-state index in [1.165, 1.54) is 38.8 Å². The molecule has 1 aliphatic carbocycles. The summed E-state index contributed by atoms with van der Waals surface area (Å²) in [5.74, 6) is 2.06. The third-order valence-electron chi connectivity index (χ3n) is 8.99. The lowest BCUT2D eigenvalue weighted by Gasteiger charge is -2.55. The van der Waals surface area contributed by atoms with Gasteiger partial charge in [-0.3, -0.25) is 0 Å². The number of aromatic nitrogens is 4. The molecule has 2 saturated heterocycles. The standard InChI is InChI=1S/C30H35N7O/c31-28-26-27(21-6-8-25(9-7-21)38-24-4-2-1-3-5-24)35-37(29(26)34-20-33-28)22-10-16-36(17-11-22)23-18-30(19-23)12-14-32-15-13-30/h1-9,20,22-23,32H,10-19H2,(H2,31,33,34). The van der Waals surface area contributed by atoms with E-state index in [0.29, 0.717) is 17.3 Å². The van der Waals surface area contributed by atoms with Gasteiger partial charge >= 0.3 is 0 Å². The van der Waals surface area contributed by atoms with E-state index in [2.05, 4.69) is 24.9 Å². The molecule has 3 fully saturated rings. The van der Waals surface area contributed by atoms with E-state index in [0.717, 1.165) is 65.8 Å².